The molecule has 0 bridgehead atoms. The Labute approximate surface area is 97.5 Å². The van der Waals surface area contributed by atoms with E-state index in [0.29, 0.717) is 5.03 Å². The van der Waals surface area contributed by atoms with E-state index in [1.807, 2.05) is 0 Å². The number of carboxylic acids is 1. The highest BCUT2D eigenvalue weighted by molar-refractivity contribution is 6.29. The largest absolute Gasteiger partial charge is 0.478 e. The van der Waals surface area contributed by atoms with Crippen molar-refractivity contribution in [1.82, 2.24) is 5.32 Å². The monoisotopic (exact) mass is 239 g/mol. The fourth-order valence-electron chi connectivity index (χ4n) is 1.07. The summed E-state index contributed by atoms with van der Waals surface area (Å²) >= 11 is 5.49. The summed E-state index contributed by atoms with van der Waals surface area (Å²) in [7, 11) is 0. The molecule has 0 aliphatic rings. The van der Waals surface area contributed by atoms with Crippen molar-refractivity contribution < 1.29 is 14.7 Å². The van der Waals surface area contributed by atoms with E-state index in [1.54, 1.807) is 0 Å². The molecule has 0 saturated carbocycles. The van der Waals surface area contributed by atoms with Crippen molar-refractivity contribution in [3.8, 4) is 0 Å². The summed E-state index contributed by atoms with van der Waals surface area (Å²) in [5.74, 6) is -1.46. The second-order valence-electron chi connectivity index (χ2n) is 3.09. The molecule has 0 fully saturated rings. The Morgan fingerprint density at radius 3 is 2.56 bits per heavy atom. The summed E-state index contributed by atoms with van der Waals surface area (Å²) in [6, 6.07) is 5.75. The number of rotatable bonds is 4. The predicted molar refractivity (Wildman–Crippen MR) is 60.7 cm³/mol. The lowest BCUT2D eigenvalue weighted by atomic mass is 10.1. The molecule has 0 saturated heterocycles. The topological polar surface area (TPSA) is 66.4 Å². The van der Waals surface area contributed by atoms with Gasteiger partial charge in [0.2, 0.25) is 0 Å². The second kappa shape index (κ2) is 5.32. The molecule has 0 aliphatic carbocycles. The van der Waals surface area contributed by atoms with Gasteiger partial charge in [0.05, 0.1) is 12.1 Å². The van der Waals surface area contributed by atoms with Gasteiger partial charge in [0.15, 0.2) is 0 Å². The first-order valence-corrected chi connectivity index (χ1v) is 4.83. The molecule has 2 N–H and O–H groups in total. The van der Waals surface area contributed by atoms with Gasteiger partial charge < -0.3 is 10.4 Å². The van der Waals surface area contributed by atoms with Gasteiger partial charge >= 0.3 is 5.97 Å². The lowest BCUT2D eigenvalue weighted by Gasteiger charge is -2.04. The third kappa shape index (κ3) is 3.40. The Bertz CT molecular complexity index is 443. The van der Waals surface area contributed by atoms with Gasteiger partial charge in [-0.15, -0.1) is 0 Å². The molecular weight excluding hydrogens is 230 g/mol. The molecule has 84 valence electrons. The summed E-state index contributed by atoms with van der Waals surface area (Å²) in [5.41, 5.74) is 0.343. The summed E-state index contributed by atoms with van der Waals surface area (Å²) in [5, 5.41) is 11.6. The van der Waals surface area contributed by atoms with Crippen LogP contribution in [0, 0.1) is 0 Å². The molecule has 16 heavy (non-hydrogen) atoms. The maximum absolute atomic E-state index is 11.5. The summed E-state index contributed by atoms with van der Waals surface area (Å²) in [4.78, 5) is 22.2. The Hall–Kier alpha value is -1.81. The molecule has 1 amide bonds. The first-order valence-electron chi connectivity index (χ1n) is 4.45. The van der Waals surface area contributed by atoms with Crippen molar-refractivity contribution in [2.75, 3.05) is 6.54 Å². The van der Waals surface area contributed by atoms with Crippen LogP contribution in [0.4, 0.5) is 0 Å². The summed E-state index contributed by atoms with van der Waals surface area (Å²) < 4.78 is 0. The van der Waals surface area contributed by atoms with Gasteiger partial charge in [-0.3, -0.25) is 4.79 Å². The Morgan fingerprint density at radius 1 is 1.38 bits per heavy atom. The van der Waals surface area contributed by atoms with Gasteiger partial charge in [-0.25, -0.2) is 4.79 Å². The Kier molecular flexibility index (Phi) is 4.08. The molecule has 0 spiro atoms. The van der Waals surface area contributed by atoms with Crippen molar-refractivity contribution in [2.45, 2.75) is 0 Å². The first-order chi connectivity index (χ1) is 7.50. The third-order valence-electron chi connectivity index (χ3n) is 1.81. The fraction of sp³-hybridized carbons (Fsp3) is 0.0909. The number of aromatic carboxylic acids is 1. The quantitative estimate of drug-likeness (QED) is 0.843. The maximum atomic E-state index is 11.5. The van der Waals surface area contributed by atoms with Crippen molar-refractivity contribution >= 4 is 23.5 Å². The highest BCUT2D eigenvalue weighted by Gasteiger charge is 2.08. The van der Waals surface area contributed by atoms with E-state index >= 15 is 0 Å². The number of carbonyl (C=O) groups excluding carboxylic acids is 1. The van der Waals surface area contributed by atoms with E-state index in [-0.39, 0.29) is 23.6 Å². The number of carboxylic acid groups (broad SMARTS) is 1. The molecule has 1 rings (SSSR count). The van der Waals surface area contributed by atoms with Crippen LogP contribution in [0.15, 0.2) is 35.9 Å². The molecule has 0 heterocycles. The number of hydrogen-bond acceptors (Lipinski definition) is 2. The molecule has 0 aromatic heterocycles. The normalized spacial score (nSPS) is 9.56. The average Bonchev–Trinajstić information content (AvgIpc) is 2.26. The second-order valence-corrected chi connectivity index (χ2v) is 3.62. The van der Waals surface area contributed by atoms with Crippen molar-refractivity contribution in [1.29, 1.82) is 0 Å². The van der Waals surface area contributed by atoms with E-state index in [4.69, 9.17) is 16.7 Å². The van der Waals surface area contributed by atoms with Crippen molar-refractivity contribution in [3.63, 3.8) is 0 Å². The Morgan fingerprint density at radius 2 is 2.00 bits per heavy atom. The molecule has 0 atom stereocenters. The van der Waals surface area contributed by atoms with Crippen LogP contribution in [0.3, 0.4) is 0 Å². The van der Waals surface area contributed by atoms with Gasteiger partial charge in [0, 0.05) is 10.6 Å². The number of carbonyl (C=O) groups is 2. The van der Waals surface area contributed by atoms with E-state index < -0.39 is 5.97 Å². The van der Waals surface area contributed by atoms with Crippen molar-refractivity contribution in [3.05, 3.63) is 47.0 Å². The van der Waals surface area contributed by atoms with E-state index in [0.717, 1.165) is 0 Å². The summed E-state index contributed by atoms with van der Waals surface area (Å²) in [6.07, 6.45) is 0. The molecule has 1 aromatic rings. The van der Waals surface area contributed by atoms with Crippen LogP contribution in [-0.4, -0.2) is 23.5 Å². The minimum absolute atomic E-state index is 0.0670. The van der Waals surface area contributed by atoms with Crippen LogP contribution >= 0.6 is 11.6 Å². The molecule has 4 nitrogen and oxygen atoms in total. The molecular formula is C11H10ClNO3. The predicted octanol–water partition coefficient (Wildman–Crippen LogP) is 1.87. The fourth-order valence-corrected chi connectivity index (χ4v) is 1.14. The maximum Gasteiger partial charge on any atom is 0.335 e. The van der Waals surface area contributed by atoms with Crippen LogP contribution < -0.4 is 5.32 Å². The zero-order valence-electron chi connectivity index (χ0n) is 8.37. The lowest BCUT2D eigenvalue weighted by molar-refractivity contribution is 0.0697. The minimum Gasteiger partial charge on any atom is -0.478 e. The van der Waals surface area contributed by atoms with E-state index in [9.17, 15) is 9.59 Å². The van der Waals surface area contributed by atoms with Crippen LogP contribution in [0.2, 0.25) is 0 Å². The zero-order chi connectivity index (χ0) is 12.1. The lowest BCUT2D eigenvalue weighted by Crippen LogP contribution is -2.24. The van der Waals surface area contributed by atoms with Gasteiger partial charge in [-0.05, 0) is 18.2 Å². The number of halogens is 1. The highest BCUT2D eigenvalue weighted by Crippen LogP contribution is 2.05. The van der Waals surface area contributed by atoms with Crippen molar-refractivity contribution in [2.24, 2.45) is 0 Å². The molecule has 1 aromatic carbocycles. The third-order valence-corrected chi connectivity index (χ3v) is 1.95. The van der Waals surface area contributed by atoms with Gasteiger partial charge in [0.1, 0.15) is 0 Å². The average molecular weight is 240 g/mol. The number of benzene rings is 1. The SMILES string of the molecule is C=C(Cl)CNC(=O)c1cccc(C(=O)O)c1. The first kappa shape index (κ1) is 12.3. The standard InChI is InChI=1S/C11H10ClNO3/c1-7(12)6-13-10(14)8-3-2-4-9(5-8)11(15)16/h2-5H,1,6H2,(H,13,14)(H,15,16). The molecule has 0 radical (unpaired) electrons. The van der Waals surface area contributed by atoms with E-state index in [2.05, 4.69) is 11.9 Å². The Balaban J connectivity index is 2.79. The van der Waals surface area contributed by atoms with Gasteiger partial charge in [0.25, 0.3) is 5.91 Å². The number of amides is 1. The van der Waals surface area contributed by atoms with Crippen LogP contribution in [0.25, 0.3) is 0 Å². The van der Waals surface area contributed by atoms with Gasteiger partial charge in [-0.2, -0.15) is 0 Å². The highest BCUT2D eigenvalue weighted by atomic mass is 35.5. The van der Waals surface area contributed by atoms with E-state index in [1.165, 1.54) is 24.3 Å². The van der Waals surface area contributed by atoms with Crippen LogP contribution in [-0.2, 0) is 0 Å². The number of nitrogens with one attached hydrogen (secondary N) is 1. The van der Waals surface area contributed by atoms with Crippen LogP contribution in [0.1, 0.15) is 20.7 Å². The summed E-state index contributed by atoms with van der Waals surface area (Å²) in [6.45, 7) is 3.57. The number of hydrogen-bond donors (Lipinski definition) is 2. The minimum atomic E-state index is -1.07. The van der Waals surface area contributed by atoms with Gasteiger partial charge in [-0.1, -0.05) is 24.2 Å². The zero-order valence-corrected chi connectivity index (χ0v) is 9.12. The molecule has 0 unspecified atom stereocenters. The smallest absolute Gasteiger partial charge is 0.335 e. The van der Waals surface area contributed by atoms with Crippen LogP contribution in [0.5, 0.6) is 0 Å². The molecule has 5 heteroatoms. The molecule has 0 aliphatic heterocycles.